The molecule has 0 saturated carbocycles. The van der Waals surface area contributed by atoms with Gasteiger partial charge in [0, 0.05) is 12.7 Å². The molecule has 90 valence electrons. The molecule has 0 bridgehead atoms. The molecule has 0 atom stereocenters. The number of tetrazole rings is 1. The van der Waals surface area contributed by atoms with Crippen LogP contribution < -0.4 is 0 Å². The summed E-state index contributed by atoms with van der Waals surface area (Å²) in [6.07, 6.45) is 4.04. The molecule has 0 radical (unpaired) electrons. The van der Waals surface area contributed by atoms with Crippen molar-refractivity contribution in [2.24, 2.45) is 0 Å². The molecule has 0 fully saturated rings. The normalized spacial score (nSPS) is 10.6. The molecule has 0 spiro atoms. The predicted octanol–water partition coefficient (Wildman–Crippen LogP) is 2.16. The Morgan fingerprint density at radius 1 is 1.35 bits per heavy atom. The van der Waals surface area contributed by atoms with Crippen LogP contribution in [0.4, 0.5) is 0 Å². The fourth-order valence-electron chi connectivity index (χ4n) is 1.38. The van der Waals surface area contributed by atoms with E-state index >= 15 is 0 Å². The van der Waals surface area contributed by atoms with Crippen molar-refractivity contribution >= 4 is 11.8 Å². The second-order valence-corrected chi connectivity index (χ2v) is 4.62. The lowest BCUT2D eigenvalue weighted by atomic mass is 10.3. The van der Waals surface area contributed by atoms with E-state index in [9.17, 15) is 0 Å². The van der Waals surface area contributed by atoms with Crippen molar-refractivity contribution in [3.05, 3.63) is 30.2 Å². The molecule has 2 aromatic rings. The summed E-state index contributed by atoms with van der Waals surface area (Å²) in [5, 5.41) is 12.7. The van der Waals surface area contributed by atoms with Crippen molar-refractivity contribution in [3.8, 4) is 0 Å². The van der Waals surface area contributed by atoms with Crippen LogP contribution in [0.3, 0.4) is 0 Å². The Morgan fingerprint density at radius 3 is 3.06 bits per heavy atom. The summed E-state index contributed by atoms with van der Waals surface area (Å²) in [4.78, 5) is 4.26. The minimum absolute atomic E-state index is 0.758. The van der Waals surface area contributed by atoms with E-state index in [1.165, 1.54) is 0 Å². The Hall–Kier alpha value is -1.43. The van der Waals surface area contributed by atoms with Crippen LogP contribution in [0.15, 0.2) is 29.4 Å². The zero-order valence-electron chi connectivity index (χ0n) is 9.78. The molecule has 2 rings (SSSR count). The third-order valence-electron chi connectivity index (χ3n) is 2.32. The number of hydrogen-bond acceptors (Lipinski definition) is 5. The van der Waals surface area contributed by atoms with E-state index in [0.717, 1.165) is 36.0 Å². The van der Waals surface area contributed by atoms with Crippen LogP contribution in [0, 0.1) is 0 Å². The molecule has 17 heavy (non-hydrogen) atoms. The van der Waals surface area contributed by atoms with Gasteiger partial charge in [0.2, 0.25) is 0 Å². The summed E-state index contributed by atoms with van der Waals surface area (Å²) in [5.41, 5.74) is 0. The third-order valence-corrected chi connectivity index (χ3v) is 3.26. The molecule has 0 unspecified atom stereocenters. The SMILES string of the molecule is CCCCn1nnnc1CSc1ccccn1. The molecule has 6 heteroatoms. The quantitative estimate of drug-likeness (QED) is 0.734. The van der Waals surface area contributed by atoms with Crippen molar-refractivity contribution in [2.45, 2.75) is 37.1 Å². The van der Waals surface area contributed by atoms with Gasteiger partial charge in [-0.3, -0.25) is 0 Å². The van der Waals surface area contributed by atoms with Crippen LogP contribution in [0.5, 0.6) is 0 Å². The Bertz CT molecular complexity index is 442. The van der Waals surface area contributed by atoms with E-state index in [-0.39, 0.29) is 0 Å². The zero-order chi connectivity index (χ0) is 11.9. The monoisotopic (exact) mass is 249 g/mol. The van der Waals surface area contributed by atoms with E-state index < -0.39 is 0 Å². The van der Waals surface area contributed by atoms with E-state index in [2.05, 4.69) is 27.4 Å². The fraction of sp³-hybridized carbons (Fsp3) is 0.455. The first kappa shape index (κ1) is 12.0. The maximum atomic E-state index is 4.26. The Balaban J connectivity index is 1.92. The number of aromatic nitrogens is 5. The standard InChI is InChI=1S/C11H15N5S/c1-2-3-8-16-10(13-14-15-16)9-17-11-6-4-5-7-12-11/h4-7H,2-3,8-9H2,1H3. The number of unbranched alkanes of at least 4 members (excludes halogenated alkanes) is 1. The van der Waals surface area contributed by atoms with Gasteiger partial charge in [-0.2, -0.15) is 0 Å². The van der Waals surface area contributed by atoms with Crippen LogP contribution in [0.1, 0.15) is 25.6 Å². The molecule has 2 aromatic heterocycles. The summed E-state index contributed by atoms with van der Waals surface area (Å²) in [6, 6.07) is 5.88. The van der Waals surface area contributed by atoms with Gasteiger partial charge in [-0.25, -0.2) is 9.67 Å². The number of thioether (sulfide) groups is 1. The van der Waals surface area contributed by atoms with Gasteiger partial charge in [0.05, 0.1) is 10.8 Å². The molecular formula is C11H15N5S. The zero-order valence-corrected chi connectivity index (χ0v) is 10.6. The molecule has 5 nitrogen and oxygen atoms in total. The fourth-order valence-corrected chi connectivity index (χ4v) is 2.17. The molecule has 0 aliphatic heterocycles. The van der Waals surface area contributed by atoms with Crippen LogP contribution in [0.2, 0.25) is 0 Å². The number of rotatable bonds is 6. The molecule has 0 aliphatic rings. The minimum atomic E-state index is 0.758. The second-order valence-electron chi connectivity index (χ2n) is 3.63. The summed E-state index contributed by atoms with van der Waals surface area (Å²) in [7, 11) is 0. The van der Waals surface area contributed by atoms with Gasteiger partial charge in [0.25, 0.3) is 0 Å². The first-order chi connectivity index (χ1) is 8.40. The Morgan fingerprint density at radius 2 is 2.29 bits per heavy atom. The summed E-state index contributed by atoms with van der Waals surface area (Å²) in [5.74, 6) is 1.67. The number of nitrogens with zero attached hydrogens (tertiary/aromatic N) is 5. The smallest absolute Gasteiger partial charge is 0.161 e. The average molecular weight is 249 g/mol. The molecule has 0 aromatic carbocycles. The van der Waals surface area contributed by atoms with Crippen molar-refractivity contribution in [2.75, 3.05) is 0 Å². The first-order valence-electron chi connectivity index (χ1n) is 5.69. The van der Waals surface area contributed by atoms with Gasteiger partial charge in [-0.1, -0.05) is 31.2 Å². The molecule has 0 amide bonds. The van der Waals surface area contributed by atoms with Crippen LogP contribution in [-0.2, 0) is 12.3 Å². The maximum Gasteiger partial charge on any atom is 0.161 e. The lowest BCUT2D eigenvalue weighted by molar-refractivity contribution is 0.540. The number of pyridine rings is 1. The van der Waals surface area contributed by atoms with Gasteiger partial charge >= 0.3 is 0 Å². The molecule has 0 saturated heterocycles. The predicted molar refractivity (Wildman–Crippen MR) is 66.5 cm³/mol. The highest BCUT2D eigenvalue weighted by atomic mass is 32.2. The molecule has 0 aliphatic carbocycles. The van der Waals surface area contributed by atoms with Crippen molar-refractivity contribution in [3.63, 3.8) is 0 Å². The van der Waals surface area contributed by atoms with Crippen molar-refractivity contribution in [1.29, 1.82) is 0 Å². The van der Waals surface area contributed by atoms with Gasteiger partial charge < -0.3 is 0 Å². The maximum absolute atomic E-state index is 4.26. The van der Waals surface area contributed by atoms with E-state index in [1.807, 2.05) is 22.9 Å². The number of hydrogen-bond donors (Lipinski definition) is 0. The van der Waals surface area contributed by atoms with Gasteiger partial charge in [-0.05, 0) is 29.0 Å². The molecular weight excluding hydrogens is 234 g/mol. The van der Waals surface area contributed by atoms with Gasteiger partial charge in [-0.15, -0.1) is 5.10 Å². The van der Waals surface area contributed by atoms with E-state index in [4.69, 9.17) is 0 Å². The van der Waals surface area contributed by atoms with E-state index in [1.54, 1.807) is 18.0 Å². The first-order valence-corrected chi connectivity index (χ1v) is 6.67. The average Bonchev–Trinajstić information content (AvgIpc) is 2.82. The summed E-state index contributed by atoms with van der Waals surface area (Å²) in [6.45, 7) is 3.05. The highest BCUT2D eigenvalue weighted by Crippen LogP contribution is 2.18. The Labute approximate surface area is 105 Å². The highest BCUT2D eigenvalue weighted by Gasteiger charge is 2.06. The molecule has 2 heterocycles. The summed E-state index contributed by atoms with van der Waals surface area (Å²) >= 11 is 1.65. The van der Waals surface area contributed by atoms with Crippen molar-refractivity contribution < 1.29 is 0 Å². The van der Waals surface area contributed by atoms with Gasteiger partial charge in [0.1, 0.15) is 0 Å². The highest BCUT2D eigenvalue weighted by molar-refractivity contribution is 7.98. The van der Waals surface area contributed by atoms with Crippen LogP contribution in [0.25, 0.3) is 0 Å². The largest absolute Gasteiger partial charge is 0.250 e. The molecule has 0 N–H and O–H groups in total. The van der Waals surface area contributed by atoms with Crippen LogP contribution in [-0.4, -0.2) is 25.2 Å². The second kappa shape index (κ2) is 6.34. The van der Waals surface area contributed by atoms with E-state index in [0.29, 0.717) is 0 Å². The summed E-state index contributed by atoms with van der Waals surface area (Å²) < 4.78 is 1.87. The lowest BCUT2D eigenvalue weighted by Crippen LogP contribution is -2.05. The van der Waals surface area contributed by atoms with Crippen LogP contribution >= 0.6 is 11.8 Å². The minimum Gasteiger partial charge on any atom is -0.250 e. The van der Waals surface area contributed by atoms with Crippen molar-refractivity contribution in [1.82, 2.24) is 25.2 Å². The lowest BCUT2D eigenvalue weighted by Gasteiger charge is -2.02. The van der Waals surface area contributed by atoms with Gasteiger partial charge in [0.15, 0.2) is 5.82 Å². The third kappa shape index (κ3) is 3.52. The topological polar surface area (TPSA) is 56.5 Å². The number of aryl methyl sites for hydroxylation is 1. The Kier molecular flexibility index (Phi) is 4.49.